The highest BCUT2D eigenvalue weighted by atomic mass is 32.2. The van der Waals surface area contributed by atoms with E-state index in [0.29, 0.717) is 5.76 Å². The number of rotatable bonds is 6. The first-order chi connectivity index (χ1) is 9.89. The smallest absolute Gasteiger partial charge is 0.243 e. The molecule has 0 aliphatic heterocycles. The number of carbonyl (C=O) groups is 1. The Morgan fingerprint density at radius 3 is 2.43 bits per heavy atom. The molecule has 0 atom stereocenters. The Hall–Kier alpha value is -2.19. The lowest BCUT2D eigenvalue weighted by atomic mass is 10.4. The molecule has 1 heterocycles. The zero-order valence-electron chi connectivity index (χ0n) is 10.9. The Labute approximate surface area is 121 Å². The monoisotopic (exact) mass is 312 g/mol. The van der Waals surface area contributed by atoms with Gasteiger partial charge in [-0.15, -0.1) is 0 Å². The lowest BCUT2D eigenvalue weighted by Gasteiger charge is -2.19. The Balaban J connectivity index is 2.34. The number of hydrogen-bond acceptors (Lipinski definition) is 4. The molecule has 112 valence electrons. The summed E-state index contributed by atoms with van der Waals surface area (Å²) in [6.45, 7) is -0.643. The summed E-state index contributed by atoms with van der Waals surface area (Å²) < 4.78 is 43.8. The fourth-order valence-corrected chi connectivity index (χ4v) is 3.10. The predicted octanol–water partition coefficient (Wildman–Crippen LogP) is 1.09. The van der Waals surface area contributed by atoms with E-state index in [1.807, 2.05) is 0 Å². The second-order valence-electron chi connectivity index (χ2n) is 4.27. The Kier molecular flexibility index (Phi) is 4.39. The van der Waals surface area contributed by atoms with Gasteiger partial charge < -0.3 is 10.2 Å². The highest BCUT2D eigenvalue weighted by Gasteiger charge is 2.27. The summed E-state index contributed by atoms with van der Waals surface area (Å²) in [6, 6.07) is 7.49. The van der Waals surface area contributed by atoms with Gasteiger partial charge in [-0.05, 0) is 36.4 Å². The van der Waals surface area contributed by atoms with Crippen LogP contribution < -0.4 is 5.73 Å². The summed E-state index contributed by atoms with van der Waals surface area (Å²) in [5.41, 5.74) is 5.09. The summed E-state index contributed by atoms with van der Waals surface area (Å²) in [4.78, 5) is 11.0. The minimum absolute atomic E-state index is 0.128. The second kappa shape index (κ2) is 6.06. The van der Waals surface area contributed by atoms with Crippen molar-refractivity contribution in [2.45, 2.75) is 11.4 Å². The minimum atomic E-state index is -3.98. The topological polar surface area (TPSA) is 93.6 Å². The van der Waals surface area contributed by atoms with Gasteiger partial charge in [-0.2, -0.15) is 4.31 Å². The maximum Gasteiger partial charge on any atom is 0.243 e. The van der Waals surface area contributed by atoms with Crippen LogP contribution in [0.15, 0.2) is 52.0 Å². The van der Waals surface area contributed by atoms with E-state index < -0.39 is 28.3 Å². The van der Waals surface area contributed by atoms with Gasteiger partial charge in [0.25, 0.3) is 0 Å². The summed E-state index contributed by atoms with van der Waals surface area (Å²) >= 11 is 0. The van der Waals surface area contributed by atoms with Gasteiger partial charge in [-0.3, -0.25) is 4.79 Å². The van der Waals surface area contributed by atoms with Gasteiger partial charge in [0, 0.05) is 0 Å². The summed E-state index contributed by atoms with van der Waals surface area (Å²) in [6.07, 6.45) is 1.39. The maximum absolute atomic E-state index is 12.9. The molecule has 1 aromatic carbocycles. The first-order valence-electron chi connectivity index (χ1n) is 5.96. The normalized spacial score (nSPS) is 11.7. The number of furan rings is 1. The predicted molar refractivity (Wildman–Crippen MR) is 71.9 cm³/mol. The zero-order chi connectivity index (χ0) is 15.5. The number of amides is 1. The van der Waals surface area contributed by atoms with Crippen LogP contribution in [0.2, 0.25) is 0 Å². The fourth-order valence-electron chi connectivity index (χ4n) is 1.73. The van der Waals surface area contributed by atoms with E-state index >= 15 is 0 Å². The van der Waals surface area contributed by atoms with Crippen LogP contribution in [0.25, 0.3) is 0 Å². The number of hydrogen-bond donors (Lipinski definition) is 1. The fraction of sp³-hybridized carbons (Fsp3) is 0.154. The van der Waals surface area contributed by atoms with E-state index in [1.54, 1.807) is 12.1 Å². The molecule has 6 nitrogen and oxygen atoms in total. The van der Waals surface area contributed by atoms with Crippen molar-refractivity contribution >= 4 is 15.9 Å². The molecular formula is C13H13FN2O4S. The molecule has 0 unspecified atom stereocenters. The van der Waals surface area contributed by atoms with Crippen molar-refractivity contribution in [1.82, 2.24) is 4.31 Å². The number of primary amides is 1. The summed E-state index contributed by atoms with van der Waals surface area (Å²) in [5.74, 6) is -0.990. The molecule has 1 amide bonds. The maximum atomic E-state index is 12.9. The number of nitrogens with two attached hydrogens (primary N) is 1. The molecule has 21 heavy (non-hydrogen) atoms. The lowest BCUT2D eigenvalue weighted by molar-refractivity contribution is -0.118. The molecule has 2 aromatic rings. The molecule has 0 fully saturated rings. The quantitative estimate of drug-likeness (QED) is 0.864. The third-order valence-corrected chi connectivity index (χ3v) is 4.50. The van der Waals surface area contributed by atoms with Crippen LogP contribution in [0.1, 0.15) is 5.76 Å². The average Bonchev–Trinajstić information content (AvgIpc) is 2.91. The average molecular weight is 312 g/mol. The molecule has 0 spiro atoms. The SMILES string of the molecule is NC(=O)CN(Cc1ccco1)S(=O)(=O)c1ccc(F)cc1. The molecule has 0 aliphatic rings. The summed E-state index contributed by atoms with van der Waals surface area (Å²) in [5, 5.41) is 0. The largest absolute Gasteiger partial charge is 0.468 e. The molecule has 0 saturated carbocycles. The van der Waals surface area contributed by atoms with Crippen LogP contribution in [0.4, 0.5) is 4.39 Å². The molecule has 2 N–H and O–H groups in total. The van der Waals surface area contributed by atoms with Gasteiger partial charge in [0.05, 0.1) is 24.2 Å². The number of benzene rings is 1. The van der Waals surface area contributed by atoms with Crippen molar-refractivity contribution in [2.24, 2.45) is 5.73 Å². The Morgan fingerprint density at radius 1 is 1.24 bits per heavy atom. The molecule has 0 bridgehead atoms. The van der Waals surface area contributed by atoms with Crippen molar-refractivity contribution in [3.8, 4) is 0 Å². The molecule has 0 radical (unpaired) electrons. The van der Waals surface area contributed by atoms with Crippen LogP contribution in [0, 0.1) is 5.82 Å². The van der Waals surface area contributed by atoms with Crippen LogP contribution in [-0.2, 0) is 21.4 Å². The van der Waals surface area contributed by atoms with Crippen LogP contribution in [0.3, 0.4) is 0 Å². The van der Waals surface area contributed by atoms with Crippen LogP contribution in [-0.4, -0.2) is 25.2 Å². The van der Waals surface area contributed by atoms with E-state index in [2.05, 4.69) is 0 Å². The van der Waals surface area contributed by atoms with Crippen molar-refractivity contribution in [2.75, 3.05) is 6.54 Å². The van der Waals surface area contributed by atoms with E-state index in [9.17, 15) is 17.6 Å². The Morgan fingerprint density at radius 2 is 1.90 bits per heavy atom. The van der Waals surface area contributed by atoms with Gasteiger partial charge in [0.1, 0.15) is 11.6 Å². The highest BCUT2D eigenvalue weighted by molar-refractivity contribution is 7.89. The van der Waals surface area contributed by atoms with E-state index in [-0.39, 0.29) is 11.4 Å². The molecule has 0 aliphatic carbocycles. The van der Waals surface area contributed by atoms with Crippen molar-refractivity contribution in [3.05, 3.63) is 54.2 Å². The molecule has 1 aromatic heterocycles. The lowest BCUT2D eigenvalue weighted by Crippen LogP contribution is -2.37. The molecule has 0 saturated heterocycles. The van der Waals surface area contributed by atoms with E-state index in [4.69, 9.17) is 10.2 Å². The third kappa shape index (κ3) is 3.67. The van der Waals surface area contributed by atoms with Gasteiger partial charge in [-0.1, -0.05) is 0 Å². The first kappa shape index (κ1) is 15.2. The number of carbonyl (C=O) groups excluding carboxylic acids is 1. The van der Waals surface area contributed by atoms with Gasteiger partial charge in [0.15, 0.2) is 0 Å². The minimum Gasteiger partial charge on any atom is -0.468 e. The van der Waals surface area contributed by atoms with Gasteiger partial charge in [-0.25, -0.2) is 12.8 Å². The van der Waals surface area contributed by atoms with Gasteiger partial charge in [0.2, 0.25) is 15.9 Å². The van der Waals surface area contributed by atoms with Crippen molar-refractivity contribution in [3.63, 3.8) is 0 Å². The molecule has 2 rings (SSSR count). The number of sulfonamides is 1. The highest BCUT2D eigenvalue weighted by Crippen LogP contribution is 2.18. The second-order valence-corrected chi connectivity index (χ2v) is 6.21. The molecular weight excluding hydrogens is 299 g/mol. The third-order valence-electron chi connectivity index (χ3n) is 2.70. The first-order valence-corrected chi connectivity index (χ1v) is 7.40. The Bertz CT molecular complexity index is 711. The van der Waals surface area contributed by atoms with Crippen molar-refractivity contribution in [1.29, 1.82) is 0 Å². The summed E-state index contributed by atoms with van der Waals surface area (Å²) in [7, 11) is -3.98. The number of nitrogens with zero attached hydrogens (tertiary/aromatic N) is 1. The van der Waals surface area contributed by atoms with Gasteiger partial charge >= 0.3 is 0 Å². The zero-order valence-corrected chi connectivity index (χ0v) is 11.7. The van der Waals surface area contributed by atoms with Crippen molar-refractivity contribution < 1.29 is 22.0 Å². The van der Waals surface area contributed by atoms with Crippen LogP contribution >= 0.6 is 0 Å². The van der Waals surface area contributed by atoms with Crippen LogP contribution in [0.5, 0.6) is 0 Å². The molecule has 8 heteroatoms. The van der Waals surface area contributed by atoms with E-state index in [0.717, 1.165) is 28.6 Å². The standard InChI is InChI=1S/C13H13FN2O4S/c14-10-3-5-12(6-4-10)21(18,19)16(9-13(15)17)8-11-2-1-7-20-11/h1-7H,8-9H2,(H2,15,17). The van der Waals surface area contributed by atoms with E-state index in [1.165, 1.54) is 6.26 Å². The number of halogens is 1.